The minimum atomic E-state index is -3.75. The number of rotatable bonds is 3. The van der Waals surface area contributed by atoms with Crippen LogP contribution in [0.5, 0.6) is 0 Å². The summed E-state index contributed by atoms with van der Waals surface area (Å²) in [5.74, 6) is -1.61. The molecule has 0 aromatic rings. The maximum Gasteiger partial charge on any atom is 0.342 e. The summed E-state index contributed by atoms with van der Waals surface area (Å²) in [5, 5.41) is 0. The molecular formula is C8H11F4N. The molecule has 0 radical (unpaired) electrons. The van der Waals surface area contributed by atoms with Gasteiger partial charge in [-0.3, -0.25) is 0 Å². The molecule has 0 aromatic carbocycles. The topological polar surface area (TPSA) is 3.24 Å². The average Bonchev–Trinajstić information content (AvgIpc) is 2.54. The van der Waals surface area contributed by atoms with Crippen LogP contribution in [0.2, 0.25) is 0 Å². The highest BCUT2D eigenvalue weighted by atomic mass is 19.3. The van der Waals surface area contributed by atoms with E-state index < -0.39 is 18.0 Å². The second-order valence-corrected chi connectivity index (χ2v) is 3.09. The van der Waals surface area contributed by atoms with Crippen LogP contribution < -0.4 is 0 Å². The summed E-state index contributed by atoms with van der Waals surface area (Å²) in [7, 11) is 0. The van der Waals surface area contributed by atoms with Crippen LogP contribution in [0.15, 0.2) is 12.4 Å². The second-order valence-electron chi connectivity index (χ2n) is 3.09. The van der Waals surface area contributed by atoms with E-state index in [4.69, 9.17) is 0 Å². The molecule has 0 aromatic heterocycles. The Balaban J connectivity index is 2.67. The van der Waals surface area contributed by atoms with E-state index in [1.54, 1.807) is 0 Å². The molecule has 1 unspecified atom stereocenters. The summed E-state index contributed by atoms with van der Waals surface area (Å²) in [6.45, 7) is 2.77. The molecule has 0 aliphatic carbocycles. The van der Waals surface area contributed by atoms with Crippen molar-refractivity contribution in [1.29, 1.82) is 0 Å². The molecule has 0 saturated carbocycles. The standard InChI is InChI=1S/C8H11F4N/c1-6(9)7(10)8(11,12)13-4-2-3-5-13/h7H,1-5H2. The largest absolute Gasteiger partial charge is 0.342 e. The Labute approximate surface area is 74.0 Å². The van der Waals surface area contributed by atoms with E-state index in [0.717, 1.165) is 0 Å². The minimum absolute atomic E-state index is 0.112. The van der Waals surface area contributed by atoms with E-state index >= 15 is 0 Å². The van der Waals surface area contributed by atoms with Crippen molar-refractivity contribution in [3.8, 4) is 0 Å². The van der Waals surface area contributed by atoms with Crippen molar-refractivity contribution in [2.24, 2.45) is 0 Å². The minimum Gasteiger partial charge on any atom is -0.242 e. The van der Waals surface area contributed by atoms with E-state index in [2.05, 4.69) is 6.58 Å². The molecule has 0 bridgehead atoms. The molecule has 1 heterocycles. The molecular weight excluding hydrogens is 186 g/mol. The van der Waals surface area contributed by atoms with Crippen molar-refractivity contribution < 1.29 is 17.6 Å². The molecule has 1 atom stereocenters. The lowest BCUT2D eigenvalue weighted by molar-refractivity contribution is -0.177. The van der Waals surface area contributed by atoms with Gasteiger partial charge >= 0.3 is 6.05 Å². The highest BCUT2D eigenvalue weighted by molar-refractivity contribution is 4.99. The second kappa shape index (κ2) is 3.65. The van der Waals surface area contributed by atoms with Crippen LogP contribution in [0.3, 0.4) is 0 Å². The number of hydrogen-bond acceptors (Lipinski definition) is 1. The maximum absolute atomic E-state index is 13.0. The predicted molar refractivity (Wildman–Crippen MR) is 40.9 cm³/mol. The third-order valence-electron chi connectivity index (χ3n) is 2.11. The zero-order chi connectivity index (χ0) is 10.1. The van der Waals surface area contributed by atoms with Gasteiger partial charge in [0.05, 0.1) is 0 Å². The van der Waals surface area contributed by atoms with E-state index in [-0.39, 0.29) is 13.1 Å². The van der Waals surface area contributed by atoms with Gasteiger partial charge in [-0.15, -0.1) is 0 Å². The lowest BCUT2D eigenvalue weighted by Gasteiger charge is -2.28. The van der Waals surface area contributed by atoms with E-state index in [1.165, 1.54) is 0 Å². The summed E-state index contributed by atoms with van der Waals surface area (Å²) >= 11 is 0. The summed E-state index contributed by atoms with van der Waals surface area (Å²) in [6.07, 6.45) is -1.71. The van der Waals surface area contributed by atoms with Crippen molar-refractivity contribution in [3.63, 3.8) is 0 Å². The third kappa shape index (κ3) is 2.02. The van der Waals surface area contributed by atoms with Crippen molar-refractivity contribution in [3.05, 3.63) is 12.4 Å². The van der Waals surface area contributed by atoms with Crippen molar-refractivity contribution in [1.82, 2.24) is 4.90 Å². The highest BCUT2D eigenvalue weighted by Gasteiger charge is 2.48. The Morgan fingerprint density at radius 1 is 1.31 bits per heavy atom. The van der Waals surface area contributed by atoms with Crippen LogP contribution in [0.4, 0.5) is 17.6 Å². The fraction of sp³-hybridized carbons (Fsp3) is 0.750. The highest BCUT2D eigenvalue weighted by Crippen LogP contribution is 2.33. The van der Waals surface area contributed by atoms with Gasteiger partial charge in [-0.05, 0) is 12.8 Å². The molecule has 76 valence electrons. The third-order valence-corrected chi connectivity index (χ3v) is 2.11. The quantitative estimate of drug-likeness (QED) is 0.496. The molecule has 1 nitrogen and oxygen atoms in total. The lowest BCUT2D eigenvalue weighted by atomic mass is 10.3. The smallest absolute Gasteiger partial charge is 0.242 e. The summed E-state index contributed by atoms with van der Waals surface area (Å²) in [6, 6.07) is -3.75. The molecule has 1 rings (SSSR count). The number of hydrogen-bond donors (Lipinski definition) is 0. The van der Waals surface area contributed by atoms with Gasteiger partial charge in [-0.25, -0.2) is 13.7 Å². The van der Waals surface area contributed by atoms with Crippen LogP contribution in [0.25, 0.3) is 0 Å². The molecule has 0 N–H and O–H groups in total. The number of halogens is 4. The first-order valence-corrected chi connectivity index (χ1v) is 4.07. The van der Waals surface area contributed by atoms with Gasteiger partial charge in [-0.2, -0.15) is 8.78 Å². The molecule has 5 heteroatoms. The van der Waals surface area contributed by atoms with Crippen LogP contribution in [-0.2, 0) is 0 Å². The maximum atomic E-state index is 13.0. The average molecular weight is 197 g/mol. The monoisotopic (exact) mass is 197 g/mol. The first-order chi connectivity index (χ1) is 5.96. The Hall–Kier alpha value is -0.580. The Bertz CT molecular complexity index is 198. The molecule has 1 aliphatic rings. The predicted octanol–water partition coefficient (Wildman–Crippen LogP) is 2.50. The fourth-order valence-corrected chi connectivity index (χ4v) is 1.36. The number of nitrogens with zero attached hydrogens (tertiary/aromatic N) is 1. The van der Waals surface area contributed by atoms with Gasteiger partial charge in [0.1, 0.15) is 5.83 Å². The fourth-order valence-electron chi connectivity index (χ4n) is 1.36. The van der Waals surface area contributed by atoms with Crippen molar-refractivity contribution in [2.45, 2.75) is 25.1 Å². The van der Waals surface area contributed by atoms with Crippen molar-refractivity contribution >= 4 is 0 Å². The summed E-state index contributed by atoms with van der Waals surface area (Å²) in [5.41, 5.74) is 0. The molecule has 0 amide bonds. The normalized spacial score (nSPS) is 21.8. The van der Waals surface area contributed by atoms with Gasteiger partial charge in [0.2, 0.25) is 6.17 Å². The Morgan fingerprint density at radius 2 is 1.77 bits per heavy atom. The van der Waals surface area contributed by atoms with Gasteiger partial charge in [0.15, 0.2) is 0 Å². The number of likely N-dealkylation sites (tertiary alicyclic amines) is 1. The van der Waals surface area contributed by atoms with Crippen molar-refractivity contribution in [2.75, 3.05) is 13.1 Å². The number of alkyl halides is 3. The van der Waals surface area contributed by atoms with Crippen LogP contribution in [0, 0.1) is 0 Å². The van der Waals surface area contributed by atoms with E-state index in [9.17, 15) is 17.6 Å². The van der Waals surface area contributed by atoms with Gasteiger partial charge in [0, 0.05) is 13.1 Å². The van der Waals surface area contributed by atoms with E-state index in [0.29, 0.717) is 17.7 Å². The first kappa shape index (κ1) is 10.5. The van der Waals surface area contributed by atoms with Crippen LogP contribution >= 0.6 is 0 Å². The van der Waals surface area contributed by atoms with Gasteiger partial charge < -0.3 is 0 Å². The Morgan fingerprint density at radius 3 is 2.15 bits per heavy atom. The molecule has 0 spiro atoms. The zero-order valence-electron chi connectivity index (χ0n) is 7.07. The summed E-state index contributed by atoms with van der Waals surface area (Å²) in [4.78, 5) is 0.655. The molecule has 1 fully saturated rings. The van der Waals surface area contributed by atoms with Crippen LogP contribution in [0.1, 0.15) is 12.8 Å². The zero-order valence-corrected chi connectivity index (χ0v) is 7.07. The lowest BCUT2D eigenvalue weighted by Crippen LogP contribution is -2.47. The molecule has 13 heavy (non-hydrogen) atoms. The summed E-state index contributed by atoms with van der Waals surface area (Å²) < 4.78 is 50.9. The van der Waals surface area contributed by atoms with E-state index in [1.807, 2.05) is 0 Å². The Kier molecular flexibility index (Phi) is 2.95. The molecule has 1 aliphatic heterocycles. The first-order valence-electron chi connectivity index (χ1n) is 4.07. The van der Waals surface area contributed by atoms with Crippen LogP contribution in [-0.4, -0.2) is 30.2 Å². The SMILES string of the molecule is C=C(F)C(F)C(F)(F)N1CCCC1. The van der Waals surface area contributed by atoms with Gasteiger partial charge in [-0.1, -0.05) is 6.58 Å². The van der Waals surface area contributed by atoms with Gasteiger partial charge in [0.25, 0.3) is 0 Å². The molecule has 1 saturated heterocycles.